The zero-order chi connectivity index (χ0) is 22.5. The van der Waals surface area contributed by atoms with Crippen LogP contribution in [0.2, 0.25) is 0 Å². The van der Waals surface area contributed by atoms with Gasteiger partial charge in [-0.1, -0.05) is 35.4 Å². The van der Waals surface area contributed by atoms with Gasteiger partial charge in [-0.3, -0.25) is 14.5 Å². The summed E-state index contributed by atoms with van der Waals surface area (Å²) in [6.45, 7) is 2.51. The molecule has 0 fully saturated rings. The maximum atomic E-state index is 11.5. The van der Waals surface area contributed by atoms with E-state index in [0.717, 1.165) is 11.1 Å². The smallest absolute Gasteiger partial charge is 0.317 e. The maximum absolute atomic E-state index is 11.5. The first-order chi connectivity index (χ1) is 14.1. The van der Waals surface area contributed by atoms with Gasteiger partial charge in [-0.15, -0.1) is 12.4 Å². The highest BCUT2D eigenvalue weighted by Crippen LogP contribution is 2.32. The van der Waals surface area contributed by atoms with Crippen molar-refractivity contribution in [3.05, 3.63) is 58.7 Å². The average molecular weight is 507 g/mol. The lowest BCUT2D eigenvalue weighted by Gasteiger charge is -2.42. The van der Waals surface area contributed by atoms with Crippen LogP contribution in [0.4, 0.5) is 0 Å². The number of aromatic hydroxyl groups is 2. The molecule has 12 heteroatoms. The number of carboxylic acid groups (broad SMARTS) is 2. The summed E-state index contributed by atoms with van der Waals surface area (Å²) in [6.07, 6.45) is 0.204. The van der Waals surface area contributed by atoms with Gasteiger partial charge < -0.3 is 42.6 Å². The van der Waals surface area contributed by atoms with E-state index in [0.29, 0.717) is 11.1 Å². The quantitative estimate of drug-likeness (QED) is 0.283. The number of halogens is 1. The predicted molar refractivity (Wildman–Crippen MR) is 130 cm³/mol. The lowest BCUT2D eigenvalue weighted by atomic mass is 9.81. The van der Waals surface area contributed by atoms with Gasteiger partial charge in [0.25, 0.3) is 0 Å². The van der Waals surface area contributed by atoms with Crippen molar-refractivity contribution < 1.29 is 46.4 Å². The molecular formula is C22H35ClN2O9. The molecule has 0 amide bonds. The van der Waals surface area contributed by atoms with Gasteiger partial charge in [0.2, 0.25) is 0 Å². The number of nitrogens with two attached hydrogens (primary N) is 1. The summed E-state index contributed by atoms with van der Waals surface area (Å²) in [5, 5.41) is 39.5. The Morgan fingerprint density at radius 3 is 1.47 bits per heavy atom. The van der Waals surface area contributed by atoms with E-state index in [1.54, 1.807) is 24.3 Å². The van der Waals surface area contributed by atoms with Crippen molar-refractivity contribution >= 4 is 24.3 Å². The molecule has 0 saturated carbocycles. The summed E-state index contributed by atoms with van der Waals surface area (Å²) in [6, 6.07) is 10.1. The number of aliphatic carboxylic acids is 2. The number of benzene rings is 2. The van der Waals surface area contributed by atoms with Gasteiger partial charge in [0.1, 0.15) is 11.5 Å². The van der Waals surface area contributed by atoms with E-state index < -0.39 is 30.6 Å². The summed E-state index contributed by atoms with van der Waals surface area (Å²) in [4.78, 5) is 24.3. The molecule has 34 heavy (non-hydrogen) atoms. The van der Waals surface area contributed by atoms with Crippen LogP contribution in [-0.4, -0.2) is 78.9 Å². The lowest BCUT2D eigenvalue weighted by molar-refractivity contribution is -0.145. The first-order valence-corrected chi connectivity index (χ1v) is 9.52. The van der Waals surface area contributed by atoms with Crippen LogP contribution in [0.3, 0.4) is 0 Å². The van der Waals surface area contributed by atoms with Crippen LogP contribution in [0.1, 0.15) is 22.3 Å². The van der Waals surface area contributed by atoms with Crippen molar-refractivity contribution in [3.8, 4) is 11.5 Å². The van der Waals surface area contributed by atoms with Crippen molar-refractivity contribution in [2.24, 2.45) is 5.73 Å². The topological polar surface area (TPSA) is 239 Å². The molecule has 194 valence electrons. The molecule has 2 aromatic carbocycles. The van der Waals surface area contributed by atoms with E-state index in [2.05, 4.69) is 0 Å². The summed E-state index contributed by atoms with van der Waals surface area (Å²) in [5.74, 6) is -2.37. The van der Waals surface area contributed by atoms with Crippen molar-refractivity contribution in [1.29, 1.82) is 0 Å². The SMILES string of the molecule is Cc1ccc(O)c(CC(CN)(Cc2cc(C)ccc2O)N(CC(=O)O)CC(=O)O)c1.Cl.O.O.O. The van der Waals surface area contributed by atoms with Crippen LogP contribution in [0.25, 0.3) is 0 Å². The number of carbonyl (C=O) groups is 2. The van der Waals surface area contributed by atoms with Crippen LogP contribution in [0.5, 0.6) is 11.5 Å². The van der Waals surface area contributed by atoms with Crippen molar-refractivity contribution in [2.45, 2.75) is 32.2 Å². The van der Waals surface area contributed by atoms with Crippen molar-refractivity contribution in [3.63, 3.8) is 0 Å². The van der Waals surface area contributed by atoms with Gasteiger partial charge in [0.15, 0.2) is 0 Å². The molecular weight excluding hydrogens is 472 g/mol. The second kappa shape index (κ2) is 15.1. The molecule has 0 saturated heterocycles. The molecule has 0 spiro atoms. The molecule has 2 aromatic rings. The molecule has 12 N–H and O–H groups in total. The minimum absolute atomic E-state index is 0. The number of phenolic OH excluding ortho intramolecular Hbond substituents is 2. The van der Waals surface area contributed by atoms with Crippen molar-refractivity contribution in [1.82, 2.24) is 4.90 Å². The minimum atomic E-state index is -1.20. The third kappa shape index (κ3) is 9.14. The number of carboxylic acids is 2. The van der Waals surface area contributed by atoms with E-state index in [-0.39, 0.29) is 59.7 Å². The third-order valence-electron chi connectivity index (χ3n) is 5.21. The van der Waals surface area contributed by atoms with Crippen LogP contribution in [0.15, 0.2) is 36.4 Å². The summed E-state index contributed by atoms with van der Waals surface area (Å²) >= 11 is 0. The first kappa shape index (κ1) is 35.7. The molecule has 11 nitrogen and oxygen atoms in total. The Hall–Kier alpha value is -2.93. The molecule has 0 radical (unpaired) electrons. The average Bonchev–Trinajstić information content (AvgIpc) is 2.65. The van der Waals surface area contributed by atoms with Crippen LogP contribution < -0.4 is 5.73 Å². The van der Waals surface area contributed by atoms with Gasteiger partial charge in [-0.25, -0.2) is 0 Å². The van der Waals surface area contributed by atoms with E-state index >= 15 is 0 Å². The summed E-state index contributed by atoms with van der Waals surface area (Å²) in [5.41, 5.74) is 7.78. The fourth-order valence-corrected chi connectivity index (χ4v) is 3.70. The number of phenols is 2. The molecule has 0 bridgehead atoms. The number of nitrogens with zero attached hydrogens (tertiary/aromatic N) is 1. The van der Waals surface area contributed by atoms with E-state index in [4.69, 9.17) is 5.73 Å². The second-order valence-electron chi connectivity index (χ2n) is 7.69. The fourth-order valence-electron chi connectivity index (χ4n) is 3.70. The Balaban J connectivity index is -0.00000240. The van der Waals surface area contributed by atoms with Gasteiger partial charge >= 0.3 is 11.9 Å². The minimum Gasteiger partial charge on any atom is -0.508 e. The Labute approximate surface area is 203 Å². The molecule has 0 aliphatic heterocycles. The van der Waals surface area contributed by atoms with Crippen molar-refractivity contribution in [2.75, 3.05) is 19.6 Å². The normalized spacial score (nSPS) is 10.2. The highest BCUT2D eigenvalue weighted by molar-refractivity contribution is 5.85. The Bertz CT molecular complexity index is 871. The number of rotatable bonds is 10. The largest absolute Gasteiger partial charge is 0.508 e. The summed E-state index contributed by atoms with van der Waals surface area (Å²) < 4.78 is 0. The Kier molecular flexibility index (Phi) is 15.8. The van der Waals surface area contributed by atoms with Crippen LogP contribution >= 0.6 is 12.4 Å². The van der Waals surface area contributed by atoms with Gasteiger partial charge in [-0.05, 0) is 49.9 Å². The molecule has 0 aromatic heterocycles. The Morgan fingerprint density at radius 1 is 0.824 bits per heavy atom. The summed E-state index contributed by atoms with van der Waals surface area (Å²) in [7, 11) is 0. The second-order valence-corrected chi connectivity index (χ2v) is 7.69. The molecule has 0 atom stereocenters. The van der Waals surface area contributed by atoms with E-state index in [1.165, 1.54) is 17.0 Å². The van der Waals surface area contributed by atoms with Crippen LogP contribution in [0, 0.1) is 13.8 Å². The molecule has 0 aliphatic carbocycles. The zero-order valence-electron chi connectivity index (χ0n) is 19.0. The predicted octanol–water partition coefficient (Wildman–Crippen LogP) is -0.384. The standard InChI is InChI=1S/C22H28N2O6.ClH.3H2O/c1-14-3-5-18(25)16(7-14)9-22(13-23,24(11-20(27)28)12-21(29)30)10-17-8-15(2)4-6-19(17)26;;;;/h3-8,25-26H,9-13,23H2,1-2H3,(H,27,28)(H,29,30);1H;3*1H2. The highest BCUT2D eigenvalue weighted by Gasteiger charge is 2.39. The monoisotopic (exact) mass is 506 g/mol. The number of aryl methyl sites for hydroxylation is 2. The zero-order valence-corrected chi connectivity index (χ0v) is 19.9. The molecule has 0 aliphatic rings. The highest BCUT2D eigenvalue weighted by atomic mass is 35.5. The lowest BCUT2D eigenvalue weighted by Crippen LogP contribution is -2.59. The van der Waals surface area contributed by atoms with E-state index in [1.807, 2.05) is 13.8 Å². The number of hydrogen-bond donors (Lipinski definition) is 5. The van der Waals surface area contributed by atoms with Gasteiger partial charge in [-0.2, -0.15) is 0 Å². The number of hydrogen-bond acceptors (Lipinski definition) is 6. The Morgan fingerprint density at radius 2 is 1.18 bits per heavy atom. The molecule has 0 unspecified atom stereocenters. The fraction of sp³-hybridized carbons (Fsp3) is 0.364. The first-order valence-electron chi connectivity index (χ1n) is 9.52. The van der Waals surface area contributed by atoms with Crippen LogP contribution in [-0.2, 0) is 22.4 Å². The van der Waals surface area contributed by atoms with E-state index in [9.17, 15) is 30.0 Å². The molecule has 2 rings (SSSR count). The maximum Gasteiger partial charge on any atom is 0.317 e. The molecule has 0 heterocycles. The van der Waals surface area contributed by atoms with Gasteiger partial charge in [0, 0.05) is 12.1 Å². The van der Waals surface area contributed by atoms with Gasteiger partial charge in [0.05, 0.1) is 13.1 Å². The third-order valence-corrected chi connectivity index (χ3v) is 5.21.